The third-order valence-corrected chi connectivity index (χ3v) is 5.45. The van der Waals surface area contributed by atoms with Gasteiger partial charge in [-0.1, -0.05) is 12.2 Å². The van der Waals surface area contributed by atoms with E-state index in [2.05, 4.69) is 5.32 Å². The molecule has 0 saturated heterocycles. The molecule has 0 aromatic heterocycles. The average molecular weight is 463 g/mol. The largest absolute Gasteiger partial charge is 0.497 e. The van der Waals surface area contributed by atoms with E-state index in [-0.39, 0.29) is 12.5 Å². The second-order valence-electron chi connectivity index (χ2n) is 7.42. The fourth-order valence-corrected chi connectivity index (χ4v) is 3.88. The number of carbonyl (C=O) groups excluding carboxylic acids is 2. The summed E-state index contributed by atoms with van der Waals surface area (Å²) in [6.07, 6.45) is 3.72. The lowest BCUT2D eigenvalue weighted by molar-refractivity contribution is -0.146. The zero-order valence-electron chi connectivity index (χ0n) is 18.4. The minimum absolute atomic E-state index is 0.174. The van der Waals surface area contributed by atoms with Crippen molar-refractivity contribution in [3.63, 3.8) is 0 Å². The normalized spacial score (nSPS) is 18.0. The molecule has 3 atom stereocenters. The number of nitrogens with one attached hydrogen (secondary N) is 1. The lowest BCUT2D eigenvalue weighted by Gasteiger charge is -2.24. The van der Waals surface area contributed by atoms with Gasteiger partial charge in [-0.15, -0.1) is 0 Å². The Labute approximate surface area is 189 Å². The number of amides is 1. The van der Waals surface area contributed by atoms with Gasteiger partial charge >= 0.3 is 5.97 Å². The number of rotatable bonds is 8. The number of hydrogen-bond acceptors (Lipinski definition) is 5. The molecule has 0 unspecified atom stereocenters. The van der Waals surface area contributed by atoms with Crippen LogP contribution in [0.3, 0.4) is 0 Å². The quantitative estimate of drug-likeness (QED) is 0.362. The number of hydrogen-bond donors (Lipinski definition) is 1. The van der Waals surface area contributed by atoms with Crippen molar-refractivity contribution in [1.29, 1.82) is 0 Å². The Balaban J connectivity index is 1.83. The second-order valence-corrected chi connectivity index (χ2v) is 7.42. The van der Waals surface area contributed by atoms with Gasteiger partial charge in [-0.3, -0.25) is 9.59 Å². The van der Waals surface area contributed by atoms with Gasteiger partial charge in [-0.05, 0) is 49.6 Å². The first-order chi connectivity index (χ1) is 15.8. The van der Waals surface area contributed by atoms with Crippen molar-refractivity contribution >= 4 is 11.9 Å². The molecule has 33 heavy (non-hydrogen) atoms. The molecular weight excluding hydrogens is 439 g/mol. The Morgan fingerprint density at radius 1 is 1.06 bits per heavy atom. The Hall–Kier alpha value is -3.49. The lowest BCUT2D eigenvalue weighted by atomic mass is 9.84. The van der Waals surface area contributed by atoms with Gasteiger partial charge in [0.15, 0.2) is 17.5 Å². The van der Waals surface area contributed by atoms with Gasteiger partial charge in [-0.2, -0.15) is 0 Å². The van der Waals surface area contributed by atoms with Crippen molar-refractivity contribution in [2.24, 2.45) is 5.92 Å². The van der Waals surface area contributed by atoms with Crippen LogP contribution in [0, 0.1) is 23.4 Å². The van der Waals surface area contributed by atoms with Crippen molar-refractivity contribution in [1.82, 2.24) is 5.32 Å². The van der Waals surface area contributed by atoms with Crippen molar-refractivity contribution < 1.29 is 37.0 Å². The summed E-state index contributed by atoms with van der Waals surface area (Å²) in [6.45, 7) is 1.87. The summed E-state index contributed by atoms with van der Waals surface area (Å²) in [5, 5.41) is 2.58. The molecule has 0 spiro atoms. The molecule has 2 aromatic rings. The zero-order valence-corrected chi connectivity index (χ0v) is 18.4. The number of benzene rings is 2. The van der Waals surface area contributed by atoms with E-state index in [1.165, 1.54) is 14.2 Å². The molecule has 9 heteroatoms. The maximum Gasteiger partial charge on any atom is 0.314 e. The Bertz CT molecular complexity index is 1070. The van der Waals surface area contributed by atoms with Crippen LogP contribution in [-0.2, 0) is 9.53 Å². The van der Waals surface area contributed by atoms with E-state index >= 15 is 0 Å². The first kappa shape index (κ1) is 24.2. The molecule has 1 amide bonds. The number of halogens is 3. The Kier molecular flexibility index (Phi) is 7.63. The van der Waals surface area contributed by atoms with Crippen molar-refractivity contribution in [2.45, 2.75) is 25.3 Å². The molecule has 0 heterocycles. The summed E-state index contributed by atoms with van der Waals surface area (Å²) in [4.78, 5) is 25.3. The maximum absolute atomic E-state index is 14.0. The van der Waals surface area contributed by atoms with Crippen LogP contribution in [0.5, 0.6) is 11.5 Å². The van der Waals surface area contributed by atoms with Gasteiger partial charge in [-0.25, -0.2) is 13.2 Å². The van der Waals surface area contributed by atoms with Gasteiger partial charge in [0.25, 0.3) is 5.91 Å². The first-order valence-electron chi connectivity index (χ1n) is 10.3. The number of allylic oxidation sites excluding steroid dienone is 1. The van der Waals surface area contributed by atoms with Gasteiger partial charge in [0.05, 0.1) is 32.3 Å². The van der Waals surface area contributed by atoms with E-state index in [1.54, 1.807) is 37.3 Å². The molecule has 1 N–H and O–H groups in total. The van der Waals surface area contributed by atoms with Crippen LogP contribution < -0.4 is 14.8 Å². The highest BCUT2D eigenvalue weighted by atomic mass is 19.2. The fourth-order valence-electron chi connectivity index (χ4n) is 3.88. The molecule has 1 aliphatic rings. The van der Waals surface area contributed by atoms with Crippen LogP contribution in [0.2, 0.25) is 0 Å². The summed E-state index contributed by atoms with van der Waals surface area (Å²) in [7, 11) is 2.99. The number of carbonyl (C=O) groups is 2. The fraction of sp³-hybridized carbons (Fsp3) is 0.333. The van der Waals surface area contributed by atoms with E-state index in [4.69, 9.17) is 14.2 Å². The molecule has 0 radical (unpaired) electrons. The van der Waals surface area contributed by atoms with Crippen molar-refractivity contribution in [2.75, 3.05) is 20.8 Å². The molecule has 0 bridgehead atoms. The second kappa shape index (κ2) is 10.4. The minimum Gasteiger partial charge on any atom is -0.497 e. The molecular formula is C24H24F3NO5. The highest BCUT2D eigenvalue weighted by Crippen LogP contribution is 2.40. The van der Waals surface area contributed by atoms with Crippen molar-refractivity contribution in [3.8, 4) is 11.5 Å². The van der Waals surface area contributed by atoms with Crippen LogP contribution in [-0.4, -0.2) is 38.7 Å². The minimum atomic E-state index is -1.71. The molecule has 0 aliphatic heterocycles. The SMILES string of the molecule is CCOC(=O)[C@H](c1cc(OC)ccc1OC)[C@H]1C=C[C@H](NC(=O)c2ccc(F)c(F)c2F)C1. The van der Waals surface area contributed by atoms with Gasteiger partial charge in [0, 0.05) is 11.6 Å². The van der Waals surface area contributed by atoms with Crippen molar-refractivity contribution in [3.05, 3.63) is 71.1 Å². The molecule has 6 nitrogen and oxygen atoms in total. The smallest absolute Gasteiger partial charge is 0.314 e. The van der Waals surface area contributed by atoms with E-state index in [9.17, 15) is 22.8 Å². The van der Waals surface area contributed by atoms with E-state index in [1.807, 2.05) is 0 Å². The Morgan fingerprint density at radius 2 is 1.82 bits per heavy atom. The van der Waals surface area contributed by atoms with Gasteiger partial charge in [0.2, 0.25) is 0 Å². The summed E-state index contributed by atoms with van der Waals surface area (Å²) in [5.41, 5.74) is -0.0502. The van der Waals surface area contributed by atoms with Gasteiger partial charge < -0.3 is 19.5 Å². The molecule has 3 rings (SSSR count). The lowest BCUT2D eigenvalue weighted by Crippen LogP contribution is -2.34. The summed E-state index contributed by atoms with van der Waals surface area (Å²) in [5.74, 6) is -6.16. The van der Waals surface area contributed by atoms with Gasteiger partial charge in [0.1, 0.15) is 11.5 Å². The predicted octanol–water partition coefficient (Wildman–Crippen LogP) is 4.14. The van der Waals surface area contributed by atoms with Crippen LogP contribution in [0.1, 0.15) is 35.2 Å². The monoisotopic (exact) mass is 463 g/mol. The number of ether oxygens (including phenoxy) is 3. The van der Waals surface area contributed by atoms with E-state index in [0.717, 1.165) is 6.07 Å². The first-order valence-corrected chi connectivity index (χ1v) is 10.3. The summed E-state index contributed by atoms with van der Waals surface area (Å²) in [6, 6.07) is 6.08. The standard InChI is InChI=1S/C24H24F3NO5/c1-4-33-24(30)20(17-12-15(31-2)7-10-19(17)32-3)13-5-6-14(11-13)28-23(29)16-8-9-18(25)22(27)21(16)26/h5-10,12-14,20H,4,11H2,1-3H3,(H,28,29)/t13-,14-,20-/m0/s1. The molecule has 0 fully saturated rings. The number of esters is 1. The summed E-state index contributed by atoms with van der Waals surface area (Å²) < 4.78 is 56.6. The number of methoxy groups -OCH3 is 2. The molecule has 2 aromatic carbocycles. The maximum atomic E-state index is 14.0. The average Bonchev–Trinajstić information content (AvgIpc) is 3.25. The van der Waals surface area contributed by atoms with Crippen LogP contribution in [0.15, 0.2) is 42.5 Å². The molecule has 176 valence electrons. The Morgan fingerprint density at radius 3 is 2.48 bits per heavy atom. The highest BCUT2D eigenvalue weighted by Gasteiger charge is 2.36. The van der Waals surface area contributed by atoms with Crippen LogP contribution >= 0.6 is 0 Å². The highest BCUT2D eigenvalue weighted by molar-refractivity contribution is 5.94. The molecule has 1 aliphatic carbocycles. The van der Waals surface area contributed by atoms with E-state index < -0.39 is 46.9 Å². The third kappa shape index (κ3) is 5.13. The zero-order chi connectivity index (χ0) is 24.1. The summed E-state index contributed by atoms with van der Waals surface area (Å²) >= 11 is 0. The topological polar surface area (TPSA) is 73.9 Å². The third-order valence-electron chi connectivity index (χ3n) is 5.45. The molecule has 0 saturated carbocycles. The van der Waals surface area contributed by atoms with Crippen LogP contribution in [0.4, 0.5) is 13.2 Å². The predicted molar refractivity (Wildman–Crippen MR) is 114 cm³/mol. The van der Waals surface area contributed by atoms with Crippen LogP contribution in [0.25, 0.3) is 0 Å². The van der Waals surface area contributed by atoms with E-state index in [0.29, 0.717) is 29.5 Å².